The van der Waals surface area contributed by atoms with Gasteiger partial charge in [-0.2, -0.15) is 0 Å². The summed E-state index contributed by atoms with van der Waals surface area (Å²) in [4.78, 5) is 11.0. The lowest BCUT2D eigenvalue weighted by Crippen LogP contribution is -2.18. The molecule has 0 atom stereocenters. The van der Waals surface area contributed by atoms with E-state index in [1.807, 2.05) is 0 Å². The van der Waals surface area contributed by atoms with Crippen LogP contribution in [0.1, 0.15) is 47.0 Å². The second-order valence-corrected chi connectivity index (χ2v) is 4.85. The SMILES string of the molecule is CC(=O)CCC1=C(C)C=CCC1(C)C. The molecule has 0 N–H and O–H groups in total. The van der Waals surface area contributed by atoms with Crippen LogP contribution in [0.25, 0.3) is 0 Å². The third kappa shape index (κ3) is 2.57. The zero-order chi connectivity index (χ0) is 10.8. The summed E-state index contributed by atoms with van der Waals surface area (Å²) < 4.78 is 0. The molecular weight excluding hydrogens is 172 g/mol. The highest BCUT2D eigenvalue weighted by molar-refractivity contribution is 5.75. The van der Waals surface area contributed by atoms with E-state index in [0.717, 1.165) is 12.8 Å². The highest BCUT2D eigenvalue weighted by atomic mass is 16.1. The van der Waals surface area contributed by atoms with Gasteiger partial charge in [-0.3, -0.25) is 0 Å². The van der Waals surface area contributed by atoms with Gasteiger partial charge in [0.1, 0.15) is 5.78 Å². The quantitative estimate of drug-likeness (QED) is 0.667. The maximum atomic E-state index is 11.0. The number of hydrogen-bond donors (Lipinski definition) is 0. The van der Waals surface area contributed by atoms with E-state index < -0.39 is 0 Å². The van der Waals surface area contributed by atoms with Crippen molar-refractivity contribution in [3.63, 3.8) is 0 Å². The molecule has 0 saturated heterocycles. The van der Waals surface area contributed by atoms with E-state index in [9.17, 15) is 4.79 Å². The largest absolute Gasteiger partial charge is 0.300 e. The Hall–Kier alpha value is -0.850. The van der Waals surface area contributed by atoms with Crippen LogP contribution in [-0.4, -0.2) is 5.78 Å². The summed E-state index contributed by atoms with van der Waals surface area (Å²) in [5.74, 6) is 0.288. The first-order valence-corrected chi connectivity index (χ1v) is 5.30. The van der Waals surface area contributed by atoms with Crippen molar-refractivity contribution in [1.82, 2.24) is 0 Å². The lowest BCUT2D eigenvalue weighted by atomic mass is 9.74. The molecule has 1 rings (SSSR count). The van der Waals surface area contributed by atoms with E-state index in [0.29, 0.717) is 6.42 Å². The Morgan fingerprint density at radius 2 is 2.14 bits per heavy atom. The van der Waals surface area contributed by atoms with Crippen LogP contribution in [0.5, 0.6) is 0 Å². The number of Topliss-reactive ketones (excluding diaryl/α,β-unsaturated/α-hetero) is 1. The molecule has 0 bridgehead atoms. The number of carbonyl (C=O) groups is 1. The van der Waals surface area contributed by atoms with Gasteiger partial charge in [-0.05, 0) is 32.1 Å². The number of allylic oxidation sites excluding steroid dienone is 4. The van der Waals surface area contributed by atoms with Crippen molar-refractivity contribution in [3.05, 3.63) is 23.3 Å². The third-order valence-electron chi connectivity index (χ3n) is 3.02. The van der Waals surface area contributed by atoms with Crippen LogP contribution < -0.4 is 0 Å². The highest BCUT2D eigenvalue weighted by Crippen LogP contribution is 2.39. The normalized spacial score (nSPS) is 20.0. The average molecular weight is 192 g/mol. The summed E-state index contributed by atoms with van der Waals surface area (Å²) in [5.41, 5.74) is 3.05. The molecule has 0 spiro atoms. The van der Waals surface area contributed by atoms with Crippen LogP contribution >= 0.6 is 0 Å². The fourth-order valence-electron chi connectivity index (χ4n) is 2.12. The molecule has 1 aliphatic rings. The molecular formula is C13H20O. The molecule has 1 nitrogen and oxygen atoms in total. The summed E-state index contributed by atoms with van der Waals surface area (Å²) in [6.45, 7) is 8.33. The number of hydrogen-bond acceptors (Lipinski definition) is 1. The smallest absolute Gasteiger partial charge is 0.130 e. The molecule has 78 valence electrons. The Balaban J connectivity index is 2.80. The molecule has 0 heterocycles. The topological polar surface area (TPSA) is 17.1 Å². The van der Waals surface area contributed by atoms with Crippen LogP contribution in [0.2, 0.25) is 0 Å². The fourth-order valence-corrected chi connectivity index (χ4v) is 2.12. The van der Waals surface area contributed by atoms with Crippen LogP contribution in [-0.2, 0) is 4.79 Å². The maximum absolute atomic E-state index is 11.0. The van der Waals surface area contributed by atoms with Gasteiger partial charge in [-0.1, -0.05) is 37.1 Å². The van der Waals surface area contributed by atoms with E-state index in [4.69, 9.17) is 0 Å². The highest BCUT2D eigenvalue weighted by Gasteiger charge is 2.25. The molecule has 0 aromatic carbocycles. The van der Waals surface area contributed by atoms with Crippen LogP contribution in [0, 0.1) is 5.41 Å². The van der Waals surface area contributed by atoms with Gasteiger partial charge in [0.2, 0.25) is 0 Å². The predicted octanol–water partition coefficient (Wildman–Crippen LogP) is 3.66. The van der Waals surface area contributed by atoms with Crippen LogP contribution in [0.3, 0.4) is 0 Å². The summed E-state index contributed by atoms with van der Waals surface area (Å²) in [5, 5.41) is 0. The maximum Gasteiger partial charge on any atom is 0.130 e. The third-order valence-corrected chi connectivity index (χ3v) is 3.02. The van der Waals surface area contributed by atoms with Crippen molar-refractivity contribution in [3.8, 4) is 0 Å². The Labute approximate surface area is 86.9 Å². The molecule has 0 aliphatic heterocycles. The second-order valence-electron chi connectivity index (χ2n) is 4.85. The summed E-state index contributed by atoms with van der Waals surface area (Å²) in [6, 6.07) is 0. The Morgan fingerprint density at radius 3 is 2.64 bits per heavy atom. The van der Waals surface area contributed by atoms with Gasteiger partial charge in [-0.25, -0.2) is 0 Å². The van der Waals surface area contributed by atoms with Gasteiger partial charge in [0.05, 0.1) is 0 Å². The van der Waals surface area contributed by atoms with E-state index in [1.165, 1.54) is 11.1 Å². The number of carbonyl (C=O) groups excluding carboxylic acids is 1. The lowest BCUT2D eigenvalue weighted by Gasteiger charge is -2.31. The minimum atomic E-state index is 0.244. The first-order valence-electron chi connectivity index (χ1n) is 5.30. The Kier molecular flexibility index (Phi) is 3.30. The molecule has 0 radical (unpaired) electrons. The van der Waals surface area contributed by atoms with Gasteiger partial charge < -0.3 is 4.79 Å². The van der Waals surface area contributed by atoms with Gasteiger partial charge in [0.15, 0.2) is 0 Å². The number of rotatable bonds is 3. The molecule has 14 heavy (non-hydrogen) atoms. The molecule has 0 fully saturated rings. The van der Waals surface area contributed by atoms with Crippen molar-refractivity contribution in [2.45, 2.75) is 47.0 Å². The number of ketones is 1. The molecule has 0 amide bonds. The zero-order valence-corrected chi connectivity index (χ0v) is 9.68. The van der Waals surface area contributed by atoms with E-state index in [-0.39, 0.29) is 11.2 Å². The fraction of sp³-hybridized carbons (Fsp3) is 0.615. The molecule has 0 saturated carbocycles. The standard InChI is InChI=1S/C13H20O/c1-10-6-5-9-13(3,4)12(10)8-7-11(2)14/h5-6H,7-9H2,1-4H3. The minimum Gasteiger partial charge on any atom is -0.300 e. The van der Waals surface area contributed by atoms with Crippen LogP contribution in [0.4, 0.5) is 0 Å². The molecule has 0 aromatic rings. The van der Waals surface area contributed by atoms with Crippen molar-refractivity contribution in [1.29, 1.82) is 0 Å². The van der Waals surface area contributed by atoms with Crippen molar-refractivity contribution < 1.29 is 4.79 Å². The average Bonchev–Trinajstić information content (AvgIpc) is 2.01. The lowest BCUT2D eigenvalue weighted by molar-refractivity contribution is -0.117. The Morgan fingerprint density at radius 1 is 1.50 bits per heavy atom. The van der Waals surface area contributed by atoms with E-state index in [1.54, 1.807) is 6.92 Å². The van der Waals surface area contributed by atoms with E-state index >= 15 is 0 Å². The second kappa shape index (κ2) is 4.12. The predicted molar refractivity (Wildman–Crippen MR) is 60.2 cm³/mol. The summed E-state index contributed by atoms with van der Waals surface area (Å²) in [7, 11) is 0. The molecule has 0 aromatic heterocycles. The minimum absolute atomic E-state index is 0.244. The van der Waals surface area contributed by atoms with Gasteiger partial charge in [-0.15, -0.1) is 0 Å². The summed E-state index contributed by atoms with van der Waals surface area (Å²) >= 11 is 0. The van der Waals surface area contributed by atoms with Gasteiger partial charge >= 0.3 is 0 Å². The summed E-state index contributed by atoms with van der Waals surface area (Å²) in [6.07, 6.45) is 7.12. The van der Waals surface area contributed by atoms with Gasteiger partial charge in [0.25, 0.3) is 0 Å². The van der Waals surface area contributed by atoms with Crippen LogP contribution in [0.15, 0.2) is 23.3 Å². The van der Waals surface area contributed by atoms with Crippen molar-refractivity contribution in [2.24, 2.45) is 5.41 Å². The zero-order valence-electron chi connectivity index (χ0n) is 9.68. The molecule has 1 heteroatoms. The van der Waals surface area contributed by atoms with E-state index in [2.05, 4.69) is 32.9 Å². The first-order chi connectivity index (χ1) is 6.43. The van der Waals surface area contributed by atoms with Crippen molar-refractivity contribution in [2.75, 3.05) is 0 Å². The molecule has 0 unspecified atom stereocenters. The van der Waals surface area contributed by atoms with Crippen molar-refractivity contribution >= 4 is 5.78 Å². The Bertz CT molecular complexity index is 292. The van der Waals surface area contributed by atoms with Gasteiger partial charge in [0, 0.05) is 6.42 Å². The molecule has 1 aliphatic carbocycles. The monoisotopic (exact) mass is 192 g/mol. The first kappa shape index (κ1) is 11.2.